The average molecular weight is 401 g/mol. The standard InChI is InChI=1S/C22H33N5O2/c1-6-8-12-27(13-9-7-2)22(29)23-18-11-10-17(3)19(16-18)24-20(28)21-25(4)14-15-26(21)5/h10-11,14-16H,6-9,12-13H2,1-5H3,(H-,23,24,28,29)/p+1. The number of amides is 3. The van der Waals surface area contributed by atoms with Crippen molar-refractivity contribution in [2.45, 2.75) is 46.5 Å². The molecule has 1 aromatic heterocycles. The summed E-state index contributed by atoms with van der Waals surface area (Å²) in [6.07, 6.45) is 7.74. The maximum absolute atomic E-state index is 12.7. The van der Waals surface area contributed by atoms with Crippen molar-refractivity contribution in [3.8, 4) is 0 Å². The maximum atomic E-state index is 12.7. The van der Waals surface area contributed by atoms with Gasteiger partial charge in [0.25, 0.3) is 0 Å². The topological polar surface area (TPSA) is 70.2 Å². The summed E-state index contributed by atoms with van der Waals surface area (Å²) >= 11 is 0. The minimum atomic E-state index is -0.195. The number of anilines is 2. The monoisotopic (exact) mass is 400 g/mol. The van der Waals surface area contributed by atoms with Crippen LogP contribution < -0.4 is 15.2 Å². The van der Waals surface area contributed by atoms with E-state index in [2.05, 4.69) is 24.5 Å². The number of hydrogen-bond acceptors (Lipinski definition) is 2. The Morgan fingerprint density at radius 2 is 1.76 bits per heavy atom. The Morgan fingerprint density at radius 1 is 1.10 bits per heavy atom. The number of carbonyl (C=O) groups is 2. The number of urea groups is 1. The fourth-order valence-electron chi connectivity index (χ4n) is 3.14. The highest BCUT2D eigenvalue weighted by Crippen LogP contribution is 2.21. The van der Waals surface area contributed by atoms with Gasteiger partial charge in [0.2, 0.25) is 0 Å². The number of hydrogen-bond donors (Lipinski definition) is 2. The van der Waals surface area contributed by atoms with Gasteiger partial charge in [-0.25, -0.2) is 13.9 Å². The van der Waals surface area contributed by atoms with Crippen LogP contribution in [0.15, 0.2) is 30.6 Å². The van der Waals surface area contributed by atoms with E-state index < -0.39 is 0 Å². The summed E-state index contributed by atoms with van der Waals surface area (Å²) in [6, 6.07) is 5.48. The second-order valence-electron chi connectivity index (χ2n) is 7.45. The van der Waals surface area contributed by atoms with Gasteiger partial charge in [0.15, 0.2) is 0 Å². The van der Waals surface area contributed by atoms with Gasteiger partial charge in [-0.15, -0.1) is 0 Å². The van der Waals surface area contributed by atoms with E-state index in [1.165, 1.54) is 0 Å². The number of aromatic nitrogens is 2. The first-order valence-corrected chi connectivity index (χ1v) is 10.4. The van der Waals surface area contributed by atoms with E-state index >= 15 is 0 Å². The predicted octanol–water partition coefficient (Wildman–Crippen LogP) is 3.84. The number of imidazole rings is 1. The Bertz CT molecular complexity index is 816. The van der Waals surface area contributed by atoms with Crippen LogP contribution in [-0.4, -0.2) is 34.5 Å². The molecule has 29 heavy (non-hydrogen) atoms. The molecule has 7 nitrogen and oxygen atoms in total. The van der Waals surface area contributed by atoms with Gasteiger partial charge in [0.05, 0.1) is 14.1 Å². The molecule has 0 aliphatic carbocycles. The first-order valence-electron chi connectivity index (χ1n) is 10.4. The summed E-state index contributed by atoms with van der Waals surface area (Å²) in [5.41, 5.74) is 2.29. The molecule has 7 heteroatoms. The highest BCUT2D eigenvalue weighted by Gasteiger charge is 2.22. The van der Waals surface area contributed by atoms with Crippen LogP contribution in [0, 0.1) is 6.92 Å². The molecular weight excluding hydrogens is 366 g/mol. The zero-order chi connectivity index (χ0) is 21.4. The third-order valence-corrected chi connectivity index (χ3v) is 4.97. The van der Waals surface area contributed by atoms with Gasteiger partial charge < -0.3 is 15.5 Å². The first-order chi connectivity index (χ1) is 13.9. The minimum absolute atomic E-state index is 0.0955. The summed E-state index contributed by atoms with van der Waals surface area (Å²) in [5.74, 6) is 0.350. The normalized spacial score (nSPS) is 10.7. The zero-order valence-corrected chi connectivity index (χ0v) is 18.3. The van der Waals surface area contributed by atoms with Crippen molar-refractivity contribution < 1.29 is 14.2 Å². The maximum Gasteiger partial charge on any atom is 0.347 e. The number of unbranched alkanes of at least 4 members (excludes halogenated alkanes) is 2. The van der Waals surface area contributed by atoms with E-state index in [4.69, 9.17) is 0 Å². The summed E-state index contributed by atoms with van der Waals surface area (Å²) in [4.78, 5) is 27.3. The van der Waals surface area contributed by atoms with Crippen molar-refractivity contribution in [1.82, 2.24) is 9.47 Å². The molecule has 2 rings (SSSR count). The Balaban J connectivity index is 2.12. The van der Waals surface area contributed by atoms with E-state index in [0.717, 1.165) is 44.3 Å². The lowest BCUT2D eigenvalue weighted by Gasteiger charge is -2.23. The summed E-state index contributed by atoms with van der Waals surface area (Å²) in [6.45, 7) is 7.68. The molecule has 0 bridgehead atoms. The van der Waals surface area contributed by atoms with E-state index in [1.807, 2.05) is 56.5 Å². The van der Waals surface area contributed by atoms with Gasteiger partial charge in [-0.05, 0) is 37.5 Å². The van der Waals surface area contributed by atoms with E-state index in [1.54, 1.807) is 9.13 Å². The lowest BCUT2D eigenvalue weighted by molar-refractivity contribution is -0.672. The van der Waals surface area contributed by atoms with Crippen molar-refractivity contribution >= 4 is 23.3 Å². The van der Waals surface area contributed by atoms with Gasteiger partial charge in [-0.1, -0.05) is 32.8 Å². The predicted molar refractivity (Wildman–Crippen MR) is 116 cm³/mol. The SMILES string of the molecule is CCCCN(CCCC)C(=O)Nc1ccc(C)c(NC(=O)c2n(C)cc[n+]2C)c1. The quantitative estimate of drug-likeness (QED) is 0.628. The number of benzene rings is 1. The number of nitrogens with zero attached hydrogens (tertiary/aromatic N) is 3. The molecule has 0 saturated carbocycles. The van der Waals surface area contributed by atoms with Gasteiger partial charge in [-0.2, -0.15) is 0 Å². The molecule has 0 spiro atoms. The van der Waals surface area contributed by atoms with Crippen molar-refractivity contribution in [3.63, 3.8) is 0 Å². The Hall–Kier alpha value is -2.83. The molecule has 0 fully saturated rings. The summed E-state index contributed by atoms with van der Waals surface area (Å²) < 4.78 is 3.55. The molecule has 0 saturated heterocycles. The largest absolute Gasteiger partial charge is 0.347 e. The second kappa shape index (κ2) is 10.6. The highest BCUT2D eigenvalue weighted by molar-refractivity contribution is 6.02. The summed E-state index contributed by atoms with van der Waals surface area (Å²) in [5, 5.41) is 5.94. The highest BCUT2D eigenvalue weighted by atomic mass is 16.2. The number of carbonyl (C=O) groups excluding carboxylic acids is 2. The third-order valence-electron chi connectivity index (χ3n) is 4.97. The first kappa shape index (κ1) is 22.5. The zero-order valence-electron chi connectivity index (χ0n) is 18.3. The Kier molecular flexibility index (Phi) is 8.24. The van der Waals surface area contributed by atoms with Crippen LogP contribution in [0.25, 0.3) is 0 Å². The van der Waals surface area contributed by atoms with E-state index in [0.29, 0.717) is 17.2 Å². The molecule has 0 aliphatic heterocycles. The van der Waals surface area contributed by atoms with Gasteiger partial charge >= 0.3 is 17.8 Å². The molecule has 0 unspecified atom stereocenters. The fourth-order valence-corrected chi connectivity index (χ4v) is 3.14. The van der Waals surface area contributed by atoms with Crippen LogP contribution in [0.2, 0.25) is 0 Å². The number of aryl methyl sites for hydroxylation is 3. The van der Waals surface area contributed by atoms with Crippen LogP contribution in [-0.2, 0) is 14.1 Å². The van der Waals surface area contributed by atoms with Crippen molar-refractivity contribution in [3.05, 3.63) is 42.0 Å². The van der Waals surface area contributed by atoms with Crippen LogP contribution in [0.3, 0.4) is 0 Å². The molecule has 0 radical (unpaired) electrons. The second-order valence-corrected chi connectivity index (χ2v) is 7.45. The van der Waals surface area contributed by atoms with Crippen molar-refractivity contribution in [1.29, 1.82) is 0 Å². The lowest BCUT2D eigenvalue weighted by Crippen LogP contribution is -2.37. The lowest BCUT2D eigenvalue weighted by atomic mass is 10.1. The summed E-state index contributed by atoms with van der Waals surface area (Å²) in [7, 11) is 3.67. The van der Waals surface area contributed by atoms with Crippen molar-refractivity contribution in [2.75, 3.05) is 23.7 Å². The van der Waals surface area contributed by atoms with Crippen molar-refractivity contribution in [2.24, 2.45) is 14.1 Å². The molecule has 158 valence electrons. The number of rotatable bonds is 9. The molecule has 0 aliphatic rings. The third kappa shape index (κ3) is 6.07. The molecule has 1 heterocycles. The van der Waals surface area contributed by atoms with Crippen LogP contribution in [0.4, 0.5) is 16.2 Å². The molecule has 1 aromatic carbocycles. The fraction of sp³-hybridized carbons (Fsp3) is 0.500. The van der Waals surface area contributed by atoms with E-state index in [-0.39, 0.29) is 11.9 Å². The molecule has 3 amide bonds. The molecule has 0 atom stereocenters. The van der Waals surface area contributed by atoms with Gasteiger partial charge in [-0.3, -0.25) is 4.79 Å². The Labute approximate surface area is 173 Å². The molecular formula is C22H34N5O2+. The molecule has 2 aromatic rings. The van der Waals surface area contributed by atoms with Crippen LogP contribution >= 0.6 is 0 Å². The number of nitrogens with one attached hydrogen (secondary N) is 2. The van der Waals surface area contributed by atoms with Crippen LogP contribution in [0.1, 0.15) is 55.7 Å². The van der Waals surface area contributed by atoms with E-state index in [9.17, 15) is 9.59 Å². The minimum Gasteiger partial charge on any atom is -0.325 e. The smallest absolute Gasteiger partial charge is 0.325 e. The van der Waals surface area contributed by atoms with Crippen LogP contribution in [0.5, 0.6) is 0 Å². The van der Waals surface area contributed by atoms with Gasteiger partial charge in [0, 0.05) is 24.5 Å². The Morgan fingerprint density at radius 3 is 2.31 bits per heavy atom. The molecule has 2 N–H and O–H groups in total. The average Bonchev–Trinajstić information content (AvgIpc) is 3.02. The van der Waals surface area contributed by atoms with Gasteiger partial charge in [0.1, 0.15) is 12.4 Å².